The zero-order valence-electron chi connectivity index (χ0n) is 12.2. The maximum absolute atomic E-state index is 11.9. The van der Waals surface area contributed by atoms with E-state index in [9.17, 15) is 4.79 Å². The lowest BCUT2D eigenvalue weighted by Crippen LogP contribution is -2.33. The molecule has 0 spiro atoms. The van der Waals surface area contributed by atoms with E-state index in [2.05, 4.69) is 11.9 Å². The highest BCUT2D eigenvalue weighted by atomic mass is 32.1. The van der Waals surface area contributed by atoms with Crippen molar-refractivity contribution in [2.45, 2.75) is 38.5 Å². The second-order valence-corrected chi connectivity index (χ2v) is 6.22. The second-order valence-electron chi connectivity index (χ2n) is 5.69. The van der Waals surface area contributed by atoms with Crippen LogP contribution >= 0.6 is 12.2 Å². The fraction of sp³-hybridized carbons (Fsp3) is 0.857. The highest BCUT2D eigenvalue weighted by Gasteiger charge is 2.17. The van der Waals surface area contributed by atoms with Crippen molar-refractivity contribution in [3.63, 3.8) is 0 Å². The Balaban J connectivity index is 2.15. The number of nitrogens with two attached hydrogens (primary N) is 1. The van der Waals surface area contributed by atoms with E-state index < -0.39 is 0 Å². The molecule has 4 nitrogen and oxygen atoms in total. The quantitative estimate of drug-likeness (QED) is 0.689. The molecular weight excluding hydrogens is 258 g/mol. The molecule has 0 aromatic carbocycles. The molecule has 1 saturated carbocycles. The lowest BCUT2D eigenvalue weighted by Gasteiger charge is -2.22. The van der Waals surface area contributed by atoms with E-state index in [1.54, 1.807) is 4.90 Å². The average Bonchev–Trinajstić information content (AvgIpc) is 2.85. The van der Waals surface area contributed by atoms with Gasteiger partial charge in [0.2, 0.25) is 5.91 Å². The molecule has 0 saturated heterocycles. The van der Waals surface area contributed by atoms with Crippen LogP contribution in [0.3, 0.4) is 0 Å². The third-order valence-corrected chi connectivity index (χ3v) is 4.08. The summed E-state index contributed by atoms with van der Waals surface area (Å²) in [4.78, 5) is 16.4. The van der Waals surface area contributed by atoms with Gasteiger partial charge in [-0.05, 0) is 25.8 Å². The summed E-state index contributed by atoms with van der Waals surface area (Å²) in [6, 6.07) is 0. The summed E-state index contributed by atoms with van der Waals surface area (Å²) < 4.78 is 0. The third kappa shape index (κ3) is 6.87. The van der Waals surface area contributed by atoms with Crippen molar-refractivity contribution in [1.82, 2.24) is 9.80 Å². The predicted molar refractivity (Wildman–Crippen MR) is 83.1 cm³/mol. The van der Waals surface area contributed by atoms with Gasteiger partial charge in [0.05, 0.1) is 4.99 Å². The van der Waals surface area contributed by atoms with Crippen molar-refractivity contribution in [1.29, 1.82) is 0 Å². The molecule has 0 radical (unpaired) electrons. The zero-order chi connectivity index (χ0) is 14.3. The Bertz CT molecular complexity index is 303. The van der Waals surface area contributed by atoms with Gasteiger partial charge in [0.25, 0.3) is 0 Å². The van der Waals surface area contributed by atoms with Crippen LogP contribution < -0.4 is 5.73 Å². The monoisotopic (exact) mass is 285 g/mol. The number of thiocarbonyl (C=S) groups is 1. The van der Waals surface area contributed by atoms with Crippen molar-refractivity contribution >= 4 is 23.1 Å². The van der Waals surface area contributed by atoms with Crippen molar-refractivity contribution in [3.05, 3.63) is 0 Å². The molecule has 2 N–H and O–H groups in total. The van der Waals surface area contributed by atoms with Crippen LogP contribution in [0.2, 0.25) is 0 Å². The molecule has 0 atom stereocenters. The maximum atomic E-state index is 11.9. The molecule has 1 amide bonds. The van der Waals surface area contributed by atoms with E-state index in [4.69, 9.17) is 18.0 Å². The van der Waals surface area contributed by atoms with Gasteiger partial charge in [0.1, 0.15) is 0 Å². The Labute approximate surface area is 122 Å². The average molecular weight is 285 g/mol. The second kappa shape index (κ2) is 8.48. The van der Waals surface area contributed by atoms with Gasteiger partial charge in [0.15, 0.2) is 0 Å². The molecule has 19 heavy (non-hydrogen) atoms. The Morgan fingerprint density at radius 2 is 1.84 bits per heavy atom. The summed E-state index contributed by atoms with van der Waals surface area (Å²) in [5.74, 6) is 1.02. The highest BCUT2D eigenvalue weighted by molar-refractivity contribution is 7.80. The van der Waals surface area contributed by atoms with Crippen LogP contribution in [-0.4, -0.2) is 54.4 Å². The van der Waals surface area contributed by atoms with Crippen LogP contribution in [0.15, 0.2) is 0 Å². The summed E-state index contributed by atoms with van der Waals surface area (Å²) in [5.41, 5.74) is 5.44. The SMILES string of the molecule is CN(CCC(=O)N(C)CCC(N)=S)CC1CCCC1. The maximum Gasteiger partial charge on any atom is 0.223 e. The van der Waals surface area contributed by atoms with Crippen LogP contribution in [0.4, 0.5) is 0 Å². The molecule has 1 rings (SSSR count). The van der Waals surface area contributed by atoms with E-state index in [0.717, 1.165) is 19.0 Å². The topological polar surface area (TPSA) is 49.6 Å². The Morgan fingerprint density at radius 1 is 1.21 bits per heavy atom. The normalized spacial score (nSPS) is 15.9. The lowest BCUT2D eigenvalue weighted by atomic mass is 10.1. The first-order valence-corrected chi connectivity index (χ1v) is 7.60. The molecule has 1 aliphatic carbocycles. The Hall–Kier alpha value is -0.680. The highest BCUT2D eigenvalue weighted by Crippen LogP contribution is 2.25. The third-order valence-electron chi connectivity index (χ3n) is 3.87. The first kappa shape index (κ1) is 16.4. The molecule has 110 valence electrons. The van der Waals surface area contributed by atoms with E-state index in [1.807, 2.05) is 7.05 Å². The molecule has 0 aromatic rings. The number of carbonyl (C=O) groups is 1. The van der Waals surface area contributed by atoms with Gasteiger partial charge in [0, 0.05) is 39.5 Å². The molecule has 5 heteroatoms. The van der Waals surface area contributed by atoms with Gasteiger partial charge in [-0.15, -0.1) is 0 Å². The first-order chi connectivity index (χ1) is 8.99. The predicted octanol–water partition coefficient (Wildman–Crippen LogP) is 1.63. The summed E-state index contributed by atoms with van der Waals surface area (Å²) in [5, 5.41) is 0. The largest absolute Gasteiger partial charge is 0.393 e. The van der Waals surface area contributed by atoms with E-state index in [0.29, 0.717) is 24.4 Å². The first-order valence-electron chi connectivity index (χ1n) is 7.20. The van der Waals surface area contributed by atoms with Crippen LogP contribution in [0.5, 0.6) is 0 Å². The smallest absolute Gasteiger partial charge is 0.223 e. The number of hydrogen-bond donors (Lipinski definition) is 1. The van der Waals surface area contributed by atoms with Crippen molar-refractivity contribution in [2.24, 2.45) is 11.7 Å². The molecule has 0 aromatic heterocycles. The lowest BCUT2D eigenvalue weighted by molar-refractivity contribution is -0.130. The summed E-state index contributed by atoms with van der Waals surface area (Å²) >= 11 is 4.82. The number of rotatable bonds is 8. The van der Waals surface area contributed by atoms with E-state index in [1.165, 1.54) is 25.7 Å². The Morgan fingerprint density at radius 3 is 2.42 bits per heavy atom. The van der Waals surface area contributed by atoms with E-state index in [-0.39, 0.29) is 5.91 Å². The molecule has 1 aliphatic rings. The molecule has 0 heterocycles. The van der Waals surface area contributed by atoms with Crippen LogP contribution in [0.1, 0.15) is 38.5 Å². The molecule has 0 unspecified atom stereocenters. The molecule has 1 fully saturated rings. The molecule has 0 bridgehead atoms. The van der Waals surface area contributed by atoms with Crippen LogP contribution in [-0.2, 0) is 4.79 Å². The number of nitrogens with zero attached hydrogens (tertiary/aromatic N) is 2. The minimum absolute atomic E-state index is 0.175. The summed E-state index contributed by atoms with van der Waals surface area (Å²) in [7, 11) is 3.93. The standard InChI is InChI=1S/C14H27N3OS/c1-16(11-12-5-3-4-6-12)9-8-14(18)17(2)10-7-13(15)19/h12H,3-11H2,1-2H3,(H2,15,19). The van der Waals surface area contributed by atoms with Gasteiger partial charge in [-0.1, -0.05) is 25.1 Å². The van der Waals surface area contributed by atoms with E-state index >= 15 is 0 Å². The van der Waals surface area contributed by atoms with Gasteiger partial charge >= 0.3 is 0 Å². The van der Waals surface area contributed by atoms with Crippen LogP contribution in [0, 0.1) is 5.92 Å². The van der Waals surface area contributed by atoms with Crippen molar-refractivity contribution in [2.75, 3.05) is 33.7 Å². The van der Waals surface area contributed by atoms with Crippen molar-refractivity contribution in [3.8, 4) is 0 Å². The molecule has 0 aliphatic heterocycles. The van der Waals surface area contributed by atoms with Crippen molar-refractivity contribution < 1.29 is 4.79 Å². The van der Waals surface area contributed by atoms with Gasteiger partial charge in [-0.25, -0.2) is 0 Å². The van der Waals surface area contributed by atoms with Gasteiger partial charge < -0.3 is 15.5 Å². The molecular formula is C14H27N3OS. The minimum Gasteiger partial charge on any atom is -0.393 e. The Kier molecular flexibility index (Phi) is 7.31. The fourth-order valence-corrected chi connectivity index (χ4v) is 2.70. The van der Waals surface area contributed by atoms with Gasteiger partial charge in [-0.3, -0.25) is 4.79 Å². The zero-order valence-corrected chi connectivity index (χ0v) is 13.0. The van der Waals surface area contributed by atoms with Crippen LogP contribution in [0.25, 0.3) is 0 Å². The van der Waals surface area contributed by atoms with Gasteiger partial charge in [-0.2, -0.15) is 0 Å². The summed E-state index contributed by atoms with van der Waals surface area (Å²) in [6.45, 7) is 2.59. The number of hydrogen-bond acceptors (Lipinski definition) is 3. The number of amides is 1. The number of carbonyl (C=O) groups excluding carboxylic acids is 1. The fourth-order valence-electron chi connectivity index (χ4n) is 2.60. The summed E-state index contributed by atoms with van der Waals surface area (Å²) in [6.07, 6.45) is 6.64. The minimum atomic E-state index is 0.175.